The van der Waals surface area contributed by atoms with Crippen LogP contribution >= 0.6 is 15.9 Å². The third-order valence-corrected chi connectivity index (χ3v) is 4.33. The third kappa shape index (κ3) is 4.05. The van der Waals surface area contributed by atoms with Gasteiger partial charge in [-0.05, 0) is 37.5 Å². The number of amides is 1. The maximum Gasteiger partial charge on any atom is 0.222 e. The van der Waals surface area contributed by atoms with Gasteiger partial charge < -0.3 is 10.0 Å². The average Bonchev–Trinajstić information content (AvgIpc) is 2.87. The molecular formula is C15H20BrNO2. The first-order valence-corrected chi connectivity index (χ1v) is 7.56. The molecule has 0 radical (unpaired) electrons. The second-order valence-corrected chi connectivity index (χ2v) is 6.17. The molecule has 0 bridgehead atoms. The Balaban J connectivity index is 1.80. The lowest BCUT2D eigenvalue weighted by molar-refractivity contribution is -0.130. The fourth-order valence-corrected chi connectivity index (χ4v) is 2.73. The van der Waals surface area contributed by atoms with Gasteiger partial charge in [0.1, 0.15) is 0 Å². The number of halogens is 1. The summed E-state index contributed by atoms with van der Waals surface area (Å²) in [5, 5.41) is 9.54. The van der Waals surface area contributed by atoms with Gasteiger partial charge in [0, 0.05) is 29.9 Å². The second-order valence-electron chi connectivity index (χ2n) is 5.26. The van der Waals surface area contributed by atoms with E-state index in [1.165, 1.54) is 5.56 Å². The summed E-state index contributed by atoms with van der Waals surface area (Å²) in [5.41, 5.74) is 1.18. The monoisotopic (exact) mass is 325 g/mol. The predicted molar refractivity (Wildman–Crippen MR) is 78.8 cm³/mol. The Morgan fingerprint density at radius 2 is 2.16 bits per heavy atom. The smallest absolute Gasteiger partial charge is 0.222 e. The number of carbonyl (C=O) groups excluding carboxylic acids is 1. The number of benzene rings is 1. The Morgan fingerprint density at radius 1 is 1.47 bits per heavy atom. The summed E-state index contributed by atoms with van der Waals surface area (Å²) in [6.45, 7) is 3.30. The minimum absolute atomic E-state index is 0.200. The molecule has 1 amide bonds. The Hall–Kier alpha value is -0.870. The second kappa shape index (κ2) is 6.53. The maximum atomic E-state index is 12.1. The lowest BCUT2D eigenvalue weighted by Crippen LogP contribution is -2.30. The van der Waals surface area contributed by atoms with Gasteiger partial charge in [-0.15, -0.1) is 0 Å². The van der Waals surface area contributed by atoms with E-state index in [-0.39, 0.29) is 17.9 Å². The van der Waals surface area contributed by atoms with Crippen molar-refractivity contribution < 1.29 is 9.90 Å². The zero-order chi connectivity index (χ0) is 13.8. The molecule has 4 heteroatoms. The number of nitrogens with zero attached hydrogens (tertiary/aromatic N) is 1. The molecule has 104 valence electrons. The van der Waals surface area contributed by atoms with Gasteiger partial charge >= 0.3 is 0 Å². The summed E-state index contributed by atoms with van der Waals surface area (Å²) in [6.07, 6.45) is 1.93. The quantitative estimate of drug-likeness (QED) is 0.924. The fourth-order valence-electron chi connectivity index (χ4n) is 2.47. The van der Waals surface area contributed by atoms with E-state index in [2.05, 4.69) is 15.9 Å². The molecule has 0 aliphatic carbocycles. The van der Waals surface area contributed by atoms with E-state index in [1.807, 2.05) is 29.2 Å². The molecule has 2 rings (SSSR count). The topological polar surface area (TPSA) is 40.5 Å². The van der Waals surface area contributed by atoms with Crippen molar-refractivity contribution in [3.05, 3.63) is 34.3 Å². The van der Waals surface area contributed by atoms with Gasteiger partial charge in [0.2, 0.25) is 5.91 Å². The van der Waals surface area contributed by atoms with Crippen molar-refractivity contribution in [2.75, 3.05) is 13.1 Å². The molecular weight excluding hydrogens is 306 g/mol. The fraction of sp³-hybridized carbons (Fsp3) is 0.533. The van der Waals surface area contributed by atoms with Crippen LogP contribution in [0.5, 0.6) is 0 Å². The van der Waals surface area contributed by atoms with Crippen LogP contribution in [-0.2, 0) is 11.2 Å². The highest BCUT2D eigenvalue weighted by Gasteiger charge is 2.28. The number of rotatable bonds is 4. The Labute approximate surface area is 122 Å². The van der Waals surface area contributed by atoms with Gasteiger partial charge in [0.15, 0.2) is 0 Å². The van der Waals surface area contributed by atoms with Gasteiger partial charge in [0.25, 0.3) is 0 Å². The Kier molecular flexibility index (Phi) is 4.99. The molecule has 2 unspecified atom stereocenters. The van der Waals surface area contributed by atoms with E-state index < -0.39 is 0 Å². The SMILES string of the molecule is CC(O)C1CCN(C(=O)CCc2ccc(Br)cc2)C1. The molecule has 0 spiro atoms. The summed E-state index contributed by atoms with van der Waals surface area (Å²) in [6, 6.07) is 8.08. The van der Waals surface area contributed by atoms with Crippen LogP contribution in [0.1, 0.15) is 25.3 Å². The molecule has 1 fully saturated rings. The minimum Gasteiger partial charge on any atom is -0.393 e. The van der Waals surface area contributed by atoms with E-state index in [0.717, 1.165) is 23.9 Å². The standard InChI is InChI=1S/C15H20BrNO2/c1-11(18)13-8-9-17(10-13)15(19)7-4-12-2-5-14(16)6-3-12/h2-3,5-6,11,13,18H,4,7-10H2,1H3. The highest BCUT2D eigenvalue weighted by Crippen LogP contribution is 2.21. The summed E-state index contributed by atoms with van der Waals surface area (Å²) in [5.74, 6) is 0.447. The van der Waals surface area contributed by atoms with Gasteiger partial charge in [-0.25, -0.2) is 0 Å². The number of likely N-dealkylation sites (tertiary alicyclic amines) is 1. The molecule has 1 heterocycles. The van der Waals surface area contributed by atoms with Gasteiger partial charge in [-0.2, -0.15) is 0 Å². The van der Waals surface area contributed by atoms with Crippen LogP contribution in [0, 0.1) is 5.92 Å². The molecule has 1 aromatic carbocycles. The molecule has 0 aromatic heterocycles. The average molecular weight is 326 g/mol. The molecule has 1 aromatic rings. The van der Waals surface area contributed by atoms with E-state index in [4.69, 9.17) is 0 Å². The molecule has 2 atom stereocenters. The number of aliphatic hydroxyl groups excluding tert-OH is 1. The molecule has 19 heavy (non-hydrogen) atoms. The van der Waals surface area contributed by atoms with Crippen LogP contribution in [0.4, 0.5) is 0 Å². The number of aryl methyl sites for hydroxylation is 1. The molecule has 1 N–H and O–H groups in total. The van der Waals surface area contributed by atoms with Crippen LogP contribution in [0.3, 0.4) is 0 Å². The minimum atomic E-state index is -0.315. The van der Waals surface area contributed by atoms with E-state index in [9.17, 15) is 9.90 Å². The Morgan fingerprint density at radius 3 is 2.74 bits per heavy atom. The normalized spacial score (nSPS) is 20.6. The number of aliphatic hydroxyl groups is 1. The maximum absolute atomic E-state index is 12.1. The van der Waals surface area contributed by atoms with E-state index >= 15 is 0 Å². The van der Waals surface area contributed by atoms with Crippen molar-refractivity contribution in [3.8, 4) is 0 Å². The van der Waals surface area contributed by atoms with Crippen LogP contribution in [0.15, 0.2) is 28.7 Å². The molecule has 3 nitrogen and oxygen atoms in total. The first kappa shape index (κ1) is 14.5. The van der Waals surface area contributed by atoms with Crippen LogP contribution in [-0.4, -0.2) is 35.1 Å². The zero-order valence-corrected chi connectivity index (χ0v) is 12.8. The largest absolute Gasteiger partial charge is 0.393 e. The van der Waals surface area contributed by atoms with Crippen LogP contribution in [0.2, 0.25) is 0 Å². The predicted octanol–water partition coefficient (Wildman–Crippen LogP) is 2.61. The van der Waals surface area contributed by atoms with Crippen molar-refractivity contribution in [1.82, 2.24) is 4.90 Å². The van der Waals surface area contributed by atoms with Crippen molar-refractivity contribution in [2.24, 2.45) is 5.92 Å². The molecule has 1 aliphatic heterocycles. The summed E-state index contributed by atoms with van der Waals surface area (Å²) in [4.78, 5) is 14.0. The number of hydrogen-bond donors (Lipinski definition) is 1. The summed E-state index contributed by atoms with van der Waals surface area (Å²) >= 11 is 3.40. The van der Waals surface area contributed by atoms with Gasteiger partial charge in [0.05, 0.1) is 6.10 Å². The van der Waals surface area contributed by atoms with Crippen molar-refractivity contribution in [1.29, 1.82) is 0 Å². The lowest BCUT2D eigenvalue weighted by atomic mass is 10.0. The highest BCUT2D eigenvalue weighted by atomic mass is 79.9. The summed E-state index contributed by atoms with van der Waals surface area (Å²) in [7, 11) is 0. The van der Waals surface area contributed by atoms with E-state index in [1.54, 1.807) is 6.92 Å². The molecule has 0 saturated carbocycles. The highest BCUT2D eigenvalue weighted by molar-refractivity contribution is 9.10. The lowest BCUT2D eigenvalue weighted by Gasteiger charge is -2.17. The van der Waals surface area contributed by atoms with Crippen molar-refractivity contribution in [2.45, 2.75) is 32.3 Å². The molecule has 1 saturated heterocycles. The first-order chi connectivity index (χ1) is 9.06. The van der Waals surface area contributed by atoms with Crippen LogP contribution in [0.25, 0.3) is 0 Å². The van der Waals surface area contributed by atoms with Gasteiger partial charge in [-0.1, -0.05) is 28.1 Å². The number of hydrogen-bond acceptors (Lipinski definition) is 2. The third-order valence-electron chi connectivity index (χ3n) is 3.80. The van der Waals surface area contributed by atoms with Crippen molar-refractivity contribution >= 4 is 21.8 Å². The van der Waals surface area contributed by atoms with E-state index in [0.29, 0.717) is 13.0 Å². The van der Waals surface area contributed by atoms with Crippen molar-refractivity contribution in [3.63, 3.8) is 0 Å². The van der Waals surface area contributed by atoms with Crippen LogP contribution < -0.4 is 0 Å². The summed E-state index contributed by atoms with van der Waals surface area (Å²) < 4.78 is 1.06. The first-order valence-electron chi connectivity index (χ1n) is 6.76. The zero-order valence-electron chi connectivity index (χ0n) is 11.2. The van der Waals surface area contributed by atoms with Gasteiger partial charge in [-0.3, -0.25) is 4.79 Å². The Bertz CT molecular complexity index is 430. The molecule has 1 aliphatic rings. The number of carbonyl (C=O) groups is 1.